The Morgan fingerprint density at radius 2 is 0.670 bits per heavy atom. The predicted octanol–water partition coefficient (Wildman–Crippen LogP) is 15.9. The van der Waals surface area contributed by atoms with Crippen LogP contribution in [-0.4, -0.2) is 151 Å². The zero-order chi connectivity index (χ0) is 64.9. The van der Waals surface area contributed by atoms with E-state index < -0.39 is 0 Å². The van der Waals surface area contributed by atoms with E-state index in [0.29, 0.717) is 41.9 Å². The highest BCUT2D eigenvalue weighted by Gasteiger charge is 2.25. The number of benzene rings is 4. The number of carbonyl (C=O) groups excluding carboxylic acids is 4. The van der Waals surface area contributed by atoms with E-state index in [-0.39, 0.29) is 29.2 Å². The number of likely N-dealkylation sites (tertiary alicyclic amines) is 4. The van der Waals surface area contributed by atoms with Crippen LogP contribution in [0.2, 0.25) is 20.1 Å². The van der Waals surface area contributed by atoms with Crippen molar-refractivity contribution in [2.24, 2.45) is 0 Å². The summed E-state index contributed by atoms with van der Waals surface area (Å²) in [5.41, 5.74) is 14.5. The zero-order valence-electron chi connectivity index (χ0n) is 53.9. The second-order valence-corrected chi connectivity index (χ2v) is 26.7. The van der Waals surface area contributed by atoms with E-state index in [4.69, 9.17) is 46.4 Å². The molecule has 0 amide bonds. The fourth-order valence-electron chi connectivity index (χ4n) is 13.3. The first-order chi connectivity index (χ1) is 43.7. The Kier molecular flexibility index (Phi) is 24.6. The Morgan fingerprint density at radius 1 is 0.374 bits per heavy atom. The van der Waals surface area contributed by atoms with Crippen LogP contribution in [0.5, 0.6) is 0 Å². The number of halogens is 4. The lowest BCUT2D eigenvalue weighted by Crippen LogP contribution is -2.39. The molecule has 0 radical (unpaired) electrons. The third kappa shape index (κ3) is 18.1. The number of aromatic nitrogens is 4. The summed E-state index contributed by atoms with van der Waals surface area (Å²) in [4.78, 5) is 59.8. The molecule has 4 saturated heterocycles. The van der Waals surface area contributed by atoms with Gasteiger partial charge in [-0.2, -0.15) is 0 Å². The van der Waals surface area contributed by atoms with E-state index in [1.54, 1.807) is 0 Å². The van der Waals surface area contributed by atoms with Gasteiger partial charge < -0.3 is 23.4 Å². The summed E-state index contributed by atoms with van der Waals surface area (Å²) < 4.78 is 7.98. The molecule has 0 saturated carbocycles. The Labute approximate surface area is 558 Å². The Bertz CT molecular complexity index is 3730. The first-order valence-electron chi connectivity index (χ1n) is 32.2. The first kappa shape index (κ1) is 69.0. The second kappa shape index (κ2) is 32.5. The third-order valence-electron chi connectivity index (χ3n) is 17.8. The van der Waals surface area contributed by atoms with Gasteiger partial charge in [0.1, 0.15) is 0 Å². The number of rotatable bonds is 16. The summed E-state index contributed by atoms with van der Waals surface area (Å²) in [5.74, 6) is 0.654. The summed E-state index contributed by atoms with van der Waals surface area (Å²) in [5, 5.41) is 12.5. The number of piperidine rings is 3. The highest BCUT2D eigenvalue weighted by atomic mass is 35.5. The molecule has 0 bridgehead atoms. The minimum absolute atomic E-state index is 0.102. The molecular formula is C74H88Cl4N8O5. The van der Waals surface area contributed by atoms with E-state index in [9.17, 15) is 24.3 Å². The molecular weight excluding hydrogens is 1220 g/mol. The maximum absolute atomic E-state index is 12.8. The Hall–Kier alpha value is -6.36. The number of aliphatic hydroxyl groups is 1. The van der Waals surface area contributed by atoms with Crippen molar-refractivity contribution in [1.29, 1.82) is 0 Å². The number of hydrogen-bond donors (Lipinski definition) is 1. The zero-order valence-corrected chi connectivity index (χ0v) is 57.0. The smallest absolute Gasteiger partial charge is 0.193 e. The van der Waals surface area contributed by atoms with Crippen molar-refractivity contribution in [3.63, 3.8) is 0 Å². The van der Waals surface area contributed by atoms with Gasteiger partial charge in [-0.05, 0) is 282 Å². The summed E-state index contributed by atoms with van der Waals surface area (Å²) in [6.07, 6.45) is 16.9. The van der Waals surface area contributed by atoms with Crippen LogP contribution in [-0.2, 0) is 0 Å². The van der Waals surface area contributed by atoms with Gasteiger partial charge in [0.15, 0.2) is 23.1 Å². The lowest BCUT2D eigenvalue weighted by molar-refractivity contribution is 0.0707. The molecule has 13 nitrogen and oxygen atoms in total. The second-order valence-electron chi connectivity index (χ2n) is 25.0. The van der Waals surface area contributed by atoms with Crippen molar-refractivity contribution in [1.82, 2.24) is 37.9 Å². The van der Waals surface area contributed by atoms with Crippen molar-refractivity contribution >= 4 is 69.5 Å². The number of carbonyl (C=O) groups is 4. The van der Waals surface area contributed by atoms with Crippen molar-refractivity contribution in [2.45, 2.75) is 119 Å². The molecule has 1 N–H and O–H groups in total. The lowest BCUT2D eigenvalue weighted by Gasteiger charge is -2.28. The van der Waals surface area contributed by atoms with Crippen LogP contribution in [0.3, 0.4) is 0 Å². The van der Waals surface area contributed by atoms with E-state index in [2.05, 4.69) is 19.6 Å². The monoisotopic (exact) mass is 1310 g/mol. The topological polar surface area (TPSA) is 121 Å². The standard InChI is InChI=1S/C19H23ClN2O2.C19H23ClN2O.2C18H21ClN2O/c1-13-10-15(20)11-14(2)19(13)22-7-3-4-17(22)18(24)12-21-8-5-16(23)6-9-21;1-14-11-16(20)12-15(2)19(14)22-10-6-7-17(22)18(23)13-21-8-4-3-5-9-21;1-13-10-15(19)11-14(2)18(13)21-9-5-6-16(21)17(22)12-20-7-3-4-8-20;1-14-5-10-17(18(22)13-20-11-3-2-4-12-20)21(14)16-8-6-15(19)7-9-16/h3-4,7,10-11,16,23H,5-6,8-9,12H2,1-2H3;6-7,10-12H,3-5,8-9,13H2,1-2H3;5-6,9-11H,3-4,7-8,12H2,1-2H3;5-10H,2-4,11-13H2,1H3. The summed E-state index contributed by atoms with van der Waals surface area (Å²) in [6.45, 7) is 23.8. The Morgan fingerprint density at radius 3 is 1.00 bits per heavy atom. The van der Waals surface area contributed by atoms with Gasteiger partial charge in [-0.15, -0.1) is 0 Å². The van der Waals surface area contributed by atoms with Crippen LogP contribution < -0.4 is 0 Å². The molecule has 4 aliphatic heterocycles. The summed E-state index contributed by atoms with van der Waals surface area (Å²) >= 11 is 24.3. The third-order valence-corrected chi connectivity index (χ3v) is 18.7. The predicted molar refractivity (Wildman–Crippen MR) is 372 cm³/mol. The van der Waals surface area contributed by atoms with Crippen molar-refractivity contribution in [3.8, 4) is 22.7 Å². The number of hydrogen-bond acceptors (Lipinski definition) is 9. The summed E-state index contributed by atoms with van der Waals surface area (Å²) in [7, 11) is 0. The number of aryl methyl sites for hydroxylation is 7. The fraction of sp³-hybridized carbons (Fsp3) is 0.405. The summed E-state index contributed by atoms with van der Waals surface area (Å²) in [6, 6.07) is 34.6. The molecule has 17 heteroatoms. The van der Waals surface area contributed by atoms with Crippen LogP contribution in [0, 0.1) is 48.5 Å². The highest BCUT2D eigenvalue weighted by molar-refractivity contribution is 6.31. The van der Waals surface area contributed by atoms with Crippen LogP contribution in [0.15, 0.2) is 128 Å². The van der Waals surface area contributed by atoms with Gasteiger partial charge in [0.2, 0.25) is 0 Å². The fourth-order valence-corrected chi connectivity index (χ4v) is 14.4. The minimum atomic E-state index is -0.223. The van der Waals surface area contributed by atoms with Gasteiger partial charge in [0, 0.05) is 63.2 Å². The molecule has 0 spiro atoms. The molecule has 8 heterocycles. The quantitative estimate of drug-likeness (QED) is 0.0943. The molecule has 91 heavy (non-hydrogen) atoms. The number of Topliss-reactive ketones (excluding diaryl/α,β-unsaturated/α-hetero) is 4. The van der Waals surface area contributed by atoms with Crippen LogP contribution in [0.1, 0.15) is 145 Å². The SMILES string of the molecule is Cc1cc(Cl)cc(C)c1-n1cccc1C(=O)CN1CCC(O)CC1.Cc1cc(Cl)cc(C)c1-n1cccc1C(=O)CN1CCCC1.Cc1cc(Cl)cc(C)c1-n1cccc1C(=O)CN1CCCCC1.Cc1ccc(C(=O)CN2CCCCC2)n1-c1ccc(Cl)cc1. The number of ketones is 4. The van der Waals surface area contributed by atoms with Crippen molar-refractivity contribution in [2.75, 3.05) is 78.5 Å². The first-order valence-corrected chi connectivity index (χ1v) is 33.7. The van der Waals surface area contributed by atoms with Gasteiger partial charge in [0.05, 0.1) is 72.1 Å². The van der Waals surface area contributed by atoms with Crippen LogP contribution in [0.4, 0.5) is 0 Å². The molecule has 482 valence electrons. The molecule has 0 atom stereocenters. The molecule has 4 aromatic heterocycles. The average Bonchev–Trinajstić information content (AvgIpc) is 1.82. The normalized spacial score (nSPS) is 15.9. The van der Waals surface area contributed by atoms with Crippen molar-refractivity contribution < 1.29 is 24.3 Å². The van der Waals surface area contributed by atoms with Gasteiger partial charge in [-0.25, -0.2) is 0 Å². The Balaban J connectivity index is 0.000000144. The number of aliphatic hydroxyl groups excluding tert-OH is 1. The average molecular weight is 1310 g/mol. The van der Waals surface area contributed by atoms with Crippen LogP contribution in [0.25, 0.3) is 22.7 Å². The molecule has 12 rings (SSSR count). The molecule has 8 aromatic rings. The van der Waals surface area contributed by atoms with E-state index in [1.165, 1.54) is 51.4 Å². The maximum atomic E-state index is 12.8. The van der Waals surface area contributed by atoms with E-state index in [0.717, 1.165) is 154 Å². The van der Waals surface area contributed by atoms with Crippen molar-refractivity contribution in [3.05, 3.63) is 210 Å². The van der Waals surface area contributed by atoms with E-state index in [1.807, 2.05) is 195 Å². The highest BCUT2D eigenvalue weighted by Crippen LogP contribution is 2.30. The molecule has 4 aliphatic rings. The molecule has 0 aliphatic carbocycles. The molecule has 4 aromatic carbocycles. The van der Waals surface area contributed by atoms with Gasteiger partial charge in [-0.3, -0.25) is 38.8 Å². The maximum Gasteiger partial charge on any atom is 0.193 e. The van der Waals surface area contributed by atoms with Gasteiger partial charge >= 0.3 is 0 Å². The number of nitrogens with zero attached hydrogens (tertiary/aromatic N) is 8. The molecule has 4 fully saturated rings. The van der Waals surface area contributed by atoms with Gasteiger partial charge in [0.25, 0.3) is 0 Å². The lowest BCUT2D eigenvalue weighted by atomic mass is 10.1. The van der Waals surface area contributed by atoms with E-state index >= 15 is 0 Å². The van der Waals surface area contributed by atoms with Gasteiger partial charge in [-0.1, -0.05) is 59.2 Å². The van der Waals surface area contributed by atoms with Crippen LogP contribution >= 0.6 is 46.4 Å². The minimum Gasteiger partial charge on any atom is -0.393 e. The molecule has 0 unspecified atom stereocenters. The largest absolute Gasteiger partial charge is 0.393 e.